The van der Waals surface area contributed by atoms with Crippen molar-refractivity contribution in [2.45, 2.75) is 19.3 Å². The molecule has 1 N–H and O–H groups in total. The third-order valence-corrected chi connectivity index (χ3v) is 5.00. The second-order valence-electron chi connectivity index (χ2n) is 5.32. The molecule has 3 aromatic rings. The highest BCUT2D eigenvalue weighted by molar-refractivity contribution is 7.23. The first-order chi connectivity index (χ1) is 8.80. The van der Waals surface area contributed by atoms with Crippen LogP contribution in [-0.4, -0.2) is 21.1 Å². The molecule has 4 heteroatoms. The lowest BCUT2D eigenvalue weighted by Gasteiger charge is -2.11. The predicted octanol–water partition coefficient (Wildman–Crippen LogP) is 2.86. The Bertz CT molecular complexity index is 724. The highest BCUT2D eigenvalue weighted by Gasteiger charge is 2.41. The van der Waals surface area contributed by atoms with Gasteiger partial charge in [0.1, 0.15) is 0 Å². The van der Waals surface area contributed by atoms with Gasteiger partial charge >= 0.3 is 0 Å². The quantitative estimate of drug-likeness (QED) is 0.784. The average molecular weight is 258 g/mol. The molecule has 0 bridgehead atoms. The molecule has 0 spiro atoms. The summed E-state index contributed by atoms with van der Waals surface area (Å²) >= 11 is 1.73. The Balaban J connectivity index is 1.79. The van der Waals surface area contributed by atoms with E-state index >= 15 is 0 Å². The van der Waals surface area contributed by atoms with Gasteiger partial charge in [0, 0.05) is 19.0 Å². The molecule has 1 aliphatic rings. The smallest absolute Gasteiger partial charge is 0.194 e. The van der Waals surface area contributed by atoms with E-state index in [1.54, 1.807) is 11.3 Å². The number of benzene rings is 1. The van der Waals surface area contributed by atoms with Gasteiger partial charge in [-0.05, 0) is 42.4 Å². The highest BCUT2D eigenvalue weighted by atomic mass is 32.1. The van der Waals surface area contributed by atoms with E-state index in [0.29, 0.717) is 6.61 Å². The summed E-state index contributed by atoms with van der Waals surface area (Å²) in [7, 11) is 0. The number of fused-ring (bicyclic) bond motifs is 3. The fraction of sp³-hybridized carbons (Fsp3) is 0.357. The van der Waals surface area contributed by atoms with Crippen molar-refractivity contribution in [2.75, 3.05) is 6.61 Å². The second-order valence-corrected chi connectivity index (χ2v) is 6.33. The van der Waals surface area contributed by atoms with Crippen LogP contribution < -0.4 is 0 Å². The SMILES string of the molecule is OCC1(Cc2ccc3c(c2)sc2nccn23)CC1. The lowest BCUT2D eigenvalue weighted by molar-refractivity contribution is 0.211. The third-order valence-electron chi connectivity index (χ3n) is 3.96. The zero-order chi connectivity index (χ0) is 12.2. The summed E-state index contributed by atoms with van der Waals surface area (Å²) in [6.07, 6.45) is 7.17. The topological polar surface area (TPSA) is 37.5 Å². The second kappa shape index (κ2) is 3.56. The maximum Gasteiger partial charge on any atom is 0.194 e. The first-order valence-corrected chi connectivity index (χ1v) is 7.07. The van der Waals surface area contributed by atoms with Gasteiger partial charge in [0.25, 0.3) is 0 Å². The van der Waals surface area contributed by atoms with E-state index in [9.17, 15) is 5.11 Å². The largest absolute Gasteiger partial charge is 0.396 e. The standard InChI is InChI=1S/C14H14N2OS/c17-9-14(3-4-14)8-10-1-2-11-12(7-10)18-13-15-5-6-16(11)13/h1-2,5-7,17H,3-4,8-9H2. The maximum atomic E-state index is 9.40. The van der Waals surface area contributed by atoms with E-state index in [1.165, 1.54) is 15.8 Å². The monoisotopic (exact) mass is 258 g/mol. The fourth-order valence-corrected chi connectivity index (χ4v) is 3.65. The molecular formula is C14H14N2OS. The molecule has 2 aromatic heterocycles. The van der Waals surface area contributed by atoms with Crippen LogP contribution in [0.15, 0.2) is 30.6 Å². The van der Waals surface area contributed by atoms with Crippen LogP contribution in [0.2, 0.25) is 0 Å². The summed E-state index contributed by atoms with van der Waals surface area (Å²) in [5.74, 6) is 0. The van der Waals surface area contributed by atoms with Crippen molar-refractivity contribution >= 4 is 26.5 Å². The number of hydrogen-bond acceptors (Lipinski definition) is 3. The molecule has 0 radical (unpaired) electrons. The number of hydrogen-bond donors (Lipinski definition) is 1. The molecule has 18 heavy (non-hydrogen) atoms. The van der Waals surface area contributed by atoms with Crippen LogP contribution in [-0.2, 0) is 6.42 Å². The van der Waals surface area contributed by atoms with E-state index in [1.807, 2.05) is 12.4 Å². The summed E-state index contributed by atoms with van der Waals surface area (Å²) in [5.41, 5.74) is 2.74. The van der Waals surface area contributed by atoms with Crippen LogP contribution in [0.5, 0.6) is 0 Å². The third kappa shape index (κ3) is 1.49. The Labute approximate surface area is 109 Å². The highest BCUT2D eigenvalue weighted by Crippen LogP contribution is 2.48. The van der Waals surface area contributed by atoms with Gasteiger partial charge in [0.15, 0.2) is 4.96 Å². The lowest BCUT2D eigenvalue weighted by Crippen LogP contribution is -2.09. The first kappa shape index (κ1) is 10.5. The number of rotatable bonds is 3. The van der Waals surface area contributed by atoms with E-state index in [-0.39, 0.29) is 5.41 Å². The van der Waals surface area contributed by atoms with E-state index in [0.717, 1.165) is 24.2 Å². The van der Waals surface area contributed by atoms with Crippen LogP contribution in [0.3, 0.4) is 0 Å². The van der Waals surface area contributed by atoms with Crippen molar-refractivity contribution in [1.29, 1.82) is 0 Å². The van der Waals surface area contributed by atoms with Gasteiger partial charge in [0.2, 0.25) is 0 Å². The Hall–Kier alpha value is -1.39. The summed E-state index contributed by atoms with van der Waals surface area (Å²) < 4.78 is 3.41. The van der Waals surface area contributed by atoms with Gasteiger partial charge in [-0.2, -0.15) is 0 Å². The van der Waals surface area contributed by atoms with Crippen LogP contribution in [0.1, 0.15) is 18.4 Å². The maximum absolute atomic E-state index is 9.40. The fourth-order valence-electron chi connectivity index (χ4n) is 2.60. The Morgan fingerprint density at radius 1 is 1.39 bits per heavy atom. The Morgan fingerprint density at radius 3 is 3.06 bits per heavy atom. The molecule has 0 saturated heterocycles. The van der Waals surface area contributed by atoms with Crippen LogP contribution in [0, 0.1) is 5.41 Å². The van der Waals surface area contributed by atoms with Gasteiger partial charge in [-0.3, -0.25) is 4.40 Å². The zero-order valence-electron chi connectivity index (χ0n) is 9.97. The Morgan fingerprint density at radius 2 is 2.28 bits per heavy atom. The molecule has 0 unspecified atom stereocenters. The molecule has 3 nitrogen and oxygen atoms in total. The Kier molecular flexibility index (Phi) is 2.08. The number of aliphatic hydroxyl groups excluding tert-OH is 1. The molecule has 2 heterocycles. The van der Waals surface area contributed by atoms with E-state index < -0.39 is 0 Å². The minimum absolute atomic E-state index is 0.186. The summed E-state index contributed by atoms with van der Waals surface area (Å²) in [5, 5.41) is 9.40. The van der Waals surface area contributed by atoms with Gasteiger partial charge in [-0.1, -0.05) is 17.4 Å². The molecule has 0 amide bonds. The van der Waals surface area contributed by atoms with Crippen molar-refractivity contribution in [1.82, 2.24) is 9.38 Å². The van der Waals surface area contributed by atoms with Gasteiger partial charge in [0.05, 0.1) is 10.2 Å². The number of aromatic nitrogens is 2. The molecule has 1 fully saturated rings. The van der Waals surface area contributed by atoms with Gasteiger partial charge in [-0.25, -0.2) is 4.98 Å². The van der Waals surface area contributed by atoms with Crippen molar-refractivity contribution < 1.29 is 5.11 Å². The van der Waals surface area contributed by atoms with Crippen LogP contribution in [0.25, 0.3) is 15.2 Å². The molecule has 1 saturated carbocycles. The molecule has 92 valence electrons. The zero-order valence-corrected chi connectivity index (χ0v) is 10.8. The van der Waals surface area contributed by atoms with Gasteiger partial charge < -0.3 is 5.11 Å². The van der Waals surface area contributed by atoms with Gasteiger partial charge in [-0.15, -0.1) is 0 Å². The number of imidazole rings is 1. The molecule has 1 aliphatic carbocycles. The summed E-state index contributed by atoms with van der Waals surface area (Å²) in [6.45, 7) is 0.318. The van der Waals surface area contributed by atoms with Crippen LogP contribution in [0.4, 0.5) is 0 Å². The van der Waals surface area contributed by atoms with Crippen molar-refractivity contribution in [2.24, 2.45) is 5.41 Å². The molecule has 0 aliphatic heterocycles. The van der Waals surface area contributed by atoms with E-state index in [2.05, 4.69) is 27.6 Å². The van der Waals surface area contributed by atoms with Crippen LogP contribution >= 0.6 is 11.3 Å². The van der Waals surface area contributed by atoms with Crippen molar-refractivity contribution in [3.05, 3.63) is 36.2 Å². The molecule has 1 aromatic carbocycles. The normalized spacial score (nSPS) is 17.6. The molecule has 4 rings (SSSR count). The molecule has 0 atom stereocenters. The predicted molar refractivity (Wildman–Crippen MR) is 73.0 cm³/mol. The van der Waals surface area contributed by atoms with Crippen molar-refractivity contribution in [3.63, 3.8) is 0 Å². The average Bonchev–Trinajstić information content (AvgIpc) is 2.85. The van der Waals surface area contributed by atoms with Crippen molar-refractivity contribution in [3.8, 4) is 0 Å². The number of aliphatic hydroxyl groups is 1. The minimum Gasteiger partial charge on any atom is -0.396 e. The minimum atomic E-state index is 0.186. The number of thiazole rings is 1. The van der Waals surface area contributed by atoms with E-state index in [4.69, 9.17) is 0 Å². The molecular weight excluding hydrogens is 244 g/mol. The first-order valence-electron chi connectivity index (χ1n) is 6.25. The number of nitrogens with zero attached hydrogens (tertiary/aromatic N) is 2. The summed E-state index contributed by atoms with van der Waals surface area (Å²) in [6, 6.07) is 6.61. The summed E-state index contributed by atoms with van der Waals surface area (Å²) in [4.78, 5) is 5.38. The lowest BCUT2D eigenvalue weighted by atomic mass is 9.97.